The lowest BCUT2D eigenvalue weighted by Crippen LogP contribution is -2.25. The highest BCUT2D eigenvalue weighted by atomic mass is 32.2. The minimum Gasteiger partial charge on any atom is -0.495 e. The van der Waals surface area contributed by atoms with Crippen LogP contribution in [-0.2, 0) is 20.8 Å². The topological polar surface area (TPSA) is 194 Å². The molecule has 2 heterocycles. The van der Waals surface area contributed by atoms with E-state index in [-0.39, 0.29) is 63.2 Å². The second-order valence-electron chi connectivity index (χ2n) is 9.89. The average Bonchev–Trinajstić information content (AvgIpc) is 3.62. The summed E-state index contributed by atoms with van der Waals surface area (Å²) in [7, 11) is 1.49. The number of thiophene rings is 1. The number of esters is 2. The lowest BCUT2D eigenvalue weighted by atomic mass is 10.1. The van der Waals surface area contributed by atoms with Crippen LogP contribution in [0.2, 0.25) is 0 Å². The molecule has 0 aliphatic heterocycles. The van der Waals surface area contributed by atoms with E-state index in [2.05, 4.69) is 20.8 Å². The molecule has 0 unspecified atom stereocenters. The normalized spacial score (nSPS) is 10.7. The van der Waals surface area contributed by atoms with Gasteiger partial charge in [-0.15, -0.1) is 21.5 Å². The molecule has 4 aromatic rings. The Morgan fingerprint density at radius 2 is 1.73 bits per heavy atom. The first-order chi connectivity index (χ1) is 23.0. The quantitative estimate of drug-likeness (QED) is 0.0787. The van der Waals surface area contributed by atoms with Crippen molar-refractivity contribution in [2.24, 2.45) is 0 Å². The van der Waals surface area contributed by atoms with E-state index < -0.39 is 28.7 Å². The minimum absolute atomic E-state index is 0.0670. The monoisotopic (exact) mass is 696 g/mol. The number of hydrogen-bond acceptors (Lipinski definition) is 13. The molecular weight excluding hydrogens is 665 g/mol. The predicted octanol–water partition coefficient (Wildman–Crippen LogP) is 4.88. The number of ether oxygens (including phenoxy) is 3. The van der Waals surface area contributed by atoms with Gasteiger partial charge in [0, 0.05) is 17.2 Å². The molecule has 0 spiro atoms. The molecule has 0 bridgehead atoms. The van der Waals surface area contributed by atoms with Gasteiger partial charge in [-0.3, -0.25) is 24.3 Å². The van der Waals surface area contributed by atoms with Gasteiger partial charge in [-0.1, -0.05) is 30.0 Å². The molecule has 2 aromatic heterocycles. The number of nitrogens with zero attached hydrogens (tertiary/aromatic N) is 4. The first-order valence-electron chi connectivity index (χ1n) is 14.5. The molecule has 0 aliphatic rings. The largest absolute Gasteiger partial charge is 0.495 e. The third-order valence-electron chi connectivity index (χ3n) is 6.77. The Morgan fingerprint density at radius 3 is 2.42 bits per heavy atom. The molecular formula is C31H32N6O9S2. The van der Waals surface area contributed by atoms with E-state index in [1.54, 1.807) is 56.5 Å². The van der Waals surface area contributed by atoms with Crippen LogP contribution in [-0.4, -0.2) is 69.5 Å². The fraction of sp³-hybridized carbons (Fsp3) is 0.290. The van der Waals surface area contributed by atoms with Gasteiger partial charge >= 0.3 is 11.9 Å². The number of nitro groups is 1. The number of nitro benzene ring substituents is 1. The lowest BCUT2D eigenvalue weighted by molar-refractivity contribution is -0.385. The molecule has 4 rings (SSSR count). The summed E-state index contributed by atoms with van der Waals surface area (Å²) < 4.78 is 17.4. The van der Waals surface area contributed by atoms with Crippen LogP contribution in [0.1, 0.15) is 61.2 Å². The molecule has 15 nitrogen and oxygen atoms in total. The van der Waals surface area contributed by atoms with Crippen LogP contribution in [0.15, 0.2) is 47.6 Å². The molecule has 0 saturated carbocycles. The number of rotatable bonds is 14. The van der Waals surface area contributed by atoms with Crippen LogP contribution in [0, 0.1) is 24.0 Å². The van der Waals surface area contributed by atoms with Gasteiger partial charge in [0.05, 0.1) is 48.8 Å². The highest BCUT2D eigenvalue weighted by Gasteiger charge is 2.28. The molecule has 252 valence electrons. The van der Waals surface area contributed by atoms with Crippen LogP contribution >= 0.6 is 23.1 Å². The number of hydrogen-bond donors (Lipinski definition) is 2. The smallest absolute Gasteiger partial charge is 0.348 e. The Morgan fingerprint density at radius 1 is 1.02 bits per heavy atom. The Kier molecular flexibility index (Phi) is 11.9. The third-order valence-corrected chi connectivity index (χ3v) is 8.89. The van der Waals surface area contributed by atoms with E-state index in [1.807, 2.05) is 0 Å². The van der Waals surface area contributed by atoms with Gasteiger partial charge in [0.1, 0.15) is 15.6 Å². The molecule has 2 aromatic carbocycles. The number of amides is 2. The van der Waals surface area contributed by atoms with Crippen LogP contribution < -0.4 is 15.4 Å². The van der Waals surface area contributed by atoms with Crippen LogP contribution in [0.3, 0.4) is 0 Å². The van der Waals surface area contributed by atoms with Crippen molar-refractivity contribution in [1.82, 2.24) is 20.1 Å². The molecule has 17 heteroatoms. The Labute approximate surface area is 283 Å². The van der Waals surface area contributed by atoms with Crippen LogP contribution in [0.25, 0.3) is 5.69 Å². The highest BCUT2D eigenvalue weighted by Crippen LogP contribution is 2.35. The van der Waals surface area contributed by atoms with Crippen molar-refractivity contribution in [1.29, 1.82) is 0 Å². The zero-order chi connectivity index (χ0) is 35.0. The number of benzene rings is 2. The number of anilines is 1. The molecule has 0 fully saturated rings. The predicted molar refractivity (Wildman–Crippen MR) is 177 cm³/mol. The summed E-state index contributed by atoms with van der Waals surface area (Å²) in [6.45, 7) is 6.58. The molecule has 0 atom stereocenters. The van der Waals surface area contributed by atoms with Gasteiger partial charge in [-0.05, 0) is 51.5 Å². The molecule has 2 N–H and O–H groups in total. The first-order valence-corrected chi connectivity index (χ1v) is 16.3. The van der Waals surface area contributed by atoms with Gasteiger partial charge in [0.15, 0.2) is 11.0 Å². The van der Waals surface area contributed by atoms with Crippen LogP contribution in [0.4, 0.5) is 10.7 Å². The first kappa shape index (κ1) is 35.6. The Balaban J connectivity index is 1.58. The van der Waals surface area contributed by atoms with E-state index in [1.165, 1.54) is 25.3 Å². The Bertz CT molecular complexity index is 1870. The second kappa shape index (κ2) is 16.0. The molecule has 0 radical (unpaired) electrons. The summed E-state index contributed by atoms with van der Waals surface area (Å²) in [5, 5.41) is 25.7. The standard InChI is InChI=1S/C31H32N6O9S2/c1-6-45-29(40)25-18(4)26(30(41)46-7-2)48-28(25)33-24(38)16-47-31-35-34-23(36(31)20-10-8-9-11-22(20)44-5)15-32-27(39)19-13-12-17(3)21(14-19)37(42)43/h8-14H,6-7,15-16H2,1-5H3,(H,32,39)(H,33,38). The number of nitrogens with one attached hydrogen (secondary N) is 2. The van der Waals surface area contributed by atoms with E-state index in [9.17, 15) is 29.3 Å². The van der Waals surface area contributed by atoms with Gasteiger partial charge in [0.2, 0.25) is 5.91 Å². The molecule has 0 aliphatic carbocycles. The molecule has 2 amide bonds. The second-order valence-corrected chi connectivity index (χ2v) is 11.8. The molecule has 48 heavy (non-hydrogen) atoms. The highest BCUT2D eigenvalue weighted by molar-refractivity contribution is 7.99. The summed E-state index contributed by atoms with van der Waals surface area (Å²) in [5.74, 6) is -1.81. The summed E-state index contributed by atoms with van der Waals surface area (Å²) >= 11 is 1.94. The number of aromatic nitrogens is 3. The number of thioether (sulfide) groups is 1. The van der Waals surface area contributed by atoms with Gasteiger partial charge in [-0.2, -0.15) is 0 Å². The maximum absolute atomic E-state index is 13.2. The SMILES string of the molecule is CCOC(=O)c1sc(NC(=O)CSc2nnc(CNC(=O)c3ccc(C)c([N+](=O)[O-])c3)n2-c2ccccc2OC)c(C(=O)OCC)c1C. The fourth-order valence-corrected chi connectivity index (χ4v) is 6.38. The van der Waals surface area contributed by atoms with Crippen molar-refractivity contribution in [3.63, 3.8) is 0 Å². The summed E-state index contributed by atoms with van der Waals surface area (Å²) in [5.41, 5.74) is 1.27. The average molecular weight is 697 g/mol. The number of carbonyl (C=O) groups is 4. The van der Waals surface area contributed by atoms with Gasteiger partial charge < -0.3 is 24.8 Å². The van der Waals surface area contributed by atoms with E-state index in [0.29, 0.717) is 22.6 Å². The van der Waals surface area contributed by atoms with E-state index >= 15 is 0 Å². The third kappa shape index (κ3) is 7.98. The van der Waals surface area contributed by atoms with Crippen molar-refractivity contribution in [2.75, 3.05) is 31.4 Å². The number of methoxy groups -OCH3 is 1. The summed E-state index contributed by atoms with van der Waals surface area (Å²) in [6, 6.07) is 11.2. The van der Waals surface area contributed by atoms with Crippen molar-refractivity contribution < 1.29 is 38.3 Å². The maximum Gasteiger partial charge on any atom is 0.348 e. The van der Waals surface area contributed by atoms with Crippen molar-refractivity contribution in [2.45, 2.75) is 39.4 Å². The van der Waals surface area contributed by atoms with Crippen molar-refractivity contribution in [3.05, 3.63) is 85.5 Å². The van der Waals surface area contributed by atoms with E-state index in [4.69, 9.17) is 14.2 Å². The van der Waals surface area contributed by atoms with Gasteiger partial charge in [-0.25, -0.2) is 9.59 Å². The maximum atomic E-state index is 13.2. The van der Waals surface area contributed by atoms with E-state index in [0.717, 1.165) is 23.1 Å². The molecule has 0 saturated heterocycles. The number of carbonyl (C=O) groups excluding carboxylic acids is 4. The lowest BCUT2D eigenvalue weighted by Gasteiger charge is -2.14. The number of para-hydroxylation sites is 2. The fourth-order valence-electron chi connectivity index (χ4n) is 4.51. The van der Waals surface area contributed by atoms with Gasteiger partial charge in [0.25, 0.3) is 11.6 Å². The summed E-state index contributed by atoms with van der Waals surface area (Å²) in [4.78, 5) is 62.4. The van der Waals surface area contributed by atoms with Crippen LogP contribution in [0.5, 0.6) is 5.75 Å². The number of aryl methyl sites for hydroxylation is 1. The minimum atomic E-state index is -0.687. The summed E-state index contributed by atoms with van der Waals surface area (Å²) in [6.07, 6.45) is 0. The van der Waals surface area contributed by atoms with Crippen molar-refractivity contribution >= 4 is 57.5 Å². The van der Waals surface area contributed by atoms with Crippen molar-refractivity contribution in [3.8, 4) is 11.4 Å². The zero-order valence-corrected chi connectivity index (χ0v) is 28.3. The zero-order valence-electron chi connectivity index (χ0n) is 26.6. The Hall–Kier alpha value is -5.29.